The van der Waals surface area contributed by atoms with E-state index in [0.29, 0.717) is 27.2 Å². The molecule has 3 heterocycles. The average molecular weight is 528 g/mol. The number of aliphatic hydroxyl groups is 2. The number of rotatable bonds is 7. The van der Waals surface area contributed by atoms with Crippen molar-refractivity contribution in [3.63, 3.8) is 0 Å². The van der Waals surface area contributed by atoms with Gasteiger partial charge in [0.1, 0.15) is 18.5 Å². The van der Waals surface area contributed by atoms with Gasteiger partial charge >= 0.3 is 5.97 Å². The highest BCUT2D eigenvalue weighted by Crippen LogP contribution is 2.40. The molecule has 3 N–H and O–H groups in total. The summed E-state index contributed by atoms with van der Waals surface area (Å²) >= 11 is 7.37. The molecule has 1 aliphatic heterocycles. The van der Waals surface area contributed by atoms with Crippen LogP contribution in [0.5, 0.6) is 0 Å². The molecule has 0 unspecified atom stereocenters. The Balaban J connectivity index is 1.64. The van der Waals surface area contributed by atoms with Crippen molar-refractivity contribution >= 4 is 52.0 Å². The highest BCUT2D eigenvalue weighted by molar-refractivity contribution is 7.99. The average Bonchev–Trinajstić information content (AvgIpc) is 3.38. The molecule has 2 aromatic carbocycles. The molecule has 1 aliphatic rings. The number of esters is 1. The first kappa shape index (κ1) is 24.5. The first-order chi connectivity index (χ1) is 17.4. The van der Waals surface area contributed by atoms with E-state index >= 15 is 0 Å². The SMILES string of the molecule is CC(=O)O[C@@H]1[C@H](O)[C@@H](CO)O[C@H]1n1c(Sc2ccc(Cl)cc2)nc2c(Nc3ccccc3)ncnc21. The Labute approximate surface area is 215 Å². The van der Waals surface area contributed by atoms with E-state index in [4.69, 9.17) is 26.1 Å². The minimum atomic E-state index is -1.25. The van der Waals surface area contributed by atoms with Gasteiger partial charge in [0, 0.05) is 22.5 Å². The number of aromatic nitrogens is 4. The molecule has 186 valence electrons. The number of para-hydroxylation sites is 1. The zero-order valence-corrected chi connectivity index (χ0v) is 20.6. The number of carbonyl (C=O) groups is 1. The van der Waals surface area contributed by atoms with E-state index in [1.54, 1.807) is 16.7 Å². The largest absolute Gasteiger partial charge is 0.455 e. The standard InChI is InChI=1S/C24H22ClN5O5S/c1-13(32)34-20-19(33)17(11-31)35-23(20)30-22-18(29-24(30)36-16-9-7-14(25)8-10-16)21(26-12-27-22)28-15-5-3-2-4-6-15/h2-10,12,17,19-20,23,31,33H,11H2,1H3,(H,26,27,28)/t17-,19-,20-,23-/m1/s1. The van der Waals surface area contributed by atoms with E-state index < -0.39 is 37.1 Å². The molecule has 1 saturated heterocycles. The lowest BCUT2D eigenvalue weighted by atomic mass is 10.1. The smallest absolute Gasteiger partial charge is 0.303 e. The number of hydrogen-bond acceptors (Lipinski definition) is 10. The van der Waals surface area contributed by atoms with Gasteiger partial charge in [-0.25, -0.2) is 15.0 Å². The molecule has 4 aromatic rings. The molecule has 0 spiro atoms. The maximum atomic E-state index is 11.9. The highest BCUT2D eigenvalue weighted by atomic mass is 35.5. The van der Waals surface area contributed by atoms with Crippen LogP contribution in [-0.2, 0) is 14.3 Å². The molecule has 36 heavy (non-hydrogen) atoms. The second kappa shape index (κ2) is 10.4. The molecule has 0 radical (unpaired) electrons. The van der Waals surface area contributed by atoms with Crippen molar-refractivity contribution in [1.82, 2.24) is 19.5 Å². The zero-order valence-electron chi connectivity index (χ0n) is 19.0. The van der Waals surface area contributed by atoms with Crippen LogP contribution in [0.2, 0.25) is 5.02 Å². The molecular formula is C24H22ClN5O5S. The quantitative estimate of drug-likeness (QED) is 0.306. The topological polar surface area (TPSA) is 132 Å². The third-order valence-electron chi connectivity index (χ3n) is 5.55. The number of hydrogen-bond donors (Lipinski definition) is 3. The molecule has 0 aliphatic carbocycles. The van der Waals surface area contributed by atoms with Crippen LogP contribution in [-0.4, -0.2) is 60.6 Å². The van der Waals surface area contributed by atoms with Gasteiger partial charge in [0.15, 0.2) is 34.5 Å². The second-order valence-corrected chi connectivity index (χ2v) is 9.50. The van der Waals surface area contributed by atoms with Gasteiger partial charge in [-0.2, -0.15) is 0 Å². The third-order valence-corrected chi connectivity index (χ3v) is 6.78. The molecule has 0 saturated carbocycles. The van der Waals surface area contributed by atoms with Gasteiger partial charge in [-0.15, -0.1) is 0 Å². The molecule has 0 bridgehead atoms. The van der Waals surface area contributed by atoms with Crippen LogP contribution >= 0.6 is 23.4 Å². The summed E-state index contributed by atoms with van der Waals surface area (Å²) in [5, 5.41) is 24.8. The summed E-state index contributed by atoms with van der Waals surface area (Å²) < 4.78 is 13.1. The predicted octanol–water partition coefficient (Wildman–Crippen LogP) is 3.56. The van der Waals surface area contributed by atoms with E-state index in [9.17, 15) is 15.0 Å². The maximum Gasteiger partial charge on any atom is 0.303 e. The minimum Gasteiger partial charge on any atom is -0.455 e. The Morgan fingerprint density at radius 2 is 1.94 bits per heavy atom. The summed E-state index contributed by atoms with van der Waals surface area (Å²) in [6.45, 7) is 0.785. The Hall–Kier alpha value is -3.22. The molecule has 1 fully saturated rings. The Morgan fingerprint density at radius 1 is 1.19 bits per heavy atom. The summed E-state index contributed by atoms with van der Waals surface area (Å²) in [5.41, 5.74) is 1.65. The van der Waals surface area contributed by atoms with Crippen molar-refractivity contribution in [3.05, 3.63) is 65.9 Å². The van der Waals surface area contributed by atoms with Crippen molar-refractivity contribution in [2.75, 3.05) is 11.9 Å². The zero-order chi connectivity index (χ0) is 25.2. The van der Waals surface area contributed by atoms with E-state index in [-0.39, 0.29) is 0 Å². The lowest BCUT2D eigenvalue weighted by molar-refractivity contribution is -0.156. The number of nitrogens with one attached hydrogen (secondary N) is 1. The van der Waals surface area contributed by atoms with E-state index in [2.05, 4.69) is 15.3 Å². The Bertz CT molecular complexity index is 1370. The first-order valence-electron chi connectivity index (χ1n) is 11.0. The van der Waals surface area contributed by atoms with Gasteiger partial charge in [0.25, 0.3) is 0 Å². The second-order valence-electron chi connectivity index (χ2n) is 8.02. The normalized spacial score (nSPS) is 21.6. The fourth-order valence-electron chi connectivity index (χ4n) is 3.94. The number of fused-ring (bicyclic) bond motifs is 1. The molecule has 0 amide bonds. The van der Waals surface area contributed by atoms with Gasteiger partial charge in [0.2, 0.25) is 0 Å². The summed E-state index contributed by atoms with van der Waals surface area (Å²) in [6, 6.07) is 16.7. The van der Waals surface area contributed by atoms with Crippen molar-refractivity contribution in [3.8, 4) is 0 Å². The van der Waals surface area contributed by atoms with Gasteiger partial charge in [0.05, 0.1) is 6.61 Å². The molecular weight excluding hydrogens is 506 g/mol. The summed E-state index contributed by atoms with van der Waals surface area (Å²) in [6.07, 6.45) is -2.92. The first-order valence-corrected chi connectivity index (χ1v) is 12.2. The van der Waals surface area contributed by atoms with Crippen LogP contribution in [0.25, 0.3) is 11.2 Å². The maximum absolute atomic E-state index is 11.9. The van der Waals surface area contributed by atoms with Crippen molar-refractivity contribution in [2.24, 2.45) is 0 Å². The number of halogens is 1. The number of carbonyl (C=O) groups excluding carboxylic acids is 1. The number of aliphatic hydroxyl groups excluding tert-OH is 2. The number of benzene rings is 2. The van der Waals surface area contributed by atoms with Crippen LogP contribution in [0.15, 0.2) is 71.0 Å². The molecule has 10 nitrogen and oxygen atoms in total. The summed E-state index contributed by atoms with van der Waals surface area (Å²) in [5.74, 6) is -0.132. The van der Waals surface area contributed by atoms with E-state index in [1.165, 1.54) is 25.0 Å². The van der Waals surface area contributed by atoms with Gasteiger partial charge < -0.3 is 25.0 Å². The lowest BCUT2D eigenvalue weighted by Gasteiger charge is -2.22. The van der Waals surface area contributed by atoms with Crippen LogP contribution in [0.1, 0.15) is 13.2 Å². The number of ether oxygens (including phenoxy) is 2. The van der Waals surface area contributed by atoms with Crippen LogP contribution in [0.3, 0.4) is 0 Å². The van der Waals surface area contributed by atoms with Gasteiger partial charge in [-0.1, -0.05) is 41.6 Å². The highest BCUT2D eigenvalue weighted by Gasteiger charge is 2.48. The minimum absolute atomic E-state index is 0.396. The van der Waals surface area contributed by atoms with Gasteiger partial charge in [-0.3, -0.25) is 9.36 Å². The van der Waals surface area contributed by atoms with Crippen LogP contribution < -0.4 is 5.32 Å². The van der Waals surface area contributed by atoms with Crippen LogP contribution in [0, 0.1) is 0 Å². The molecule has 12 heteroatoms. The number of nitrogens with zero attached hydrogens (tertiary/aromatic N) is 4. The summed E-state index contributed by atoms with van der Waals surface area (Å²) in [7, 11) is 0. The van der Waals surface area contributed by atoms with Crippen molar-refractivity contribution < 1.29 is 24.5 Å². The number of imidazole rings is 1. The van der Waals surface area contributed by atoms with Crippen LogP contribution in [0.4, 0.5) is 11.5 Å². The van der Waals surface area contributed by atoms with Crippen molar-refractivity contribution in [1.29, 1.82) is 0 Å². The third kappa shape index (κ3) is 4.88. The molecule has 5 rings (SSSR count). The lowest BCUT2D eigenvalue weighted by Crippen LogP contribution is -2.36. The predicted molar refractivity (Wildman–Crippen MR) is 133 cm³/mol. The summed E-state index contributed by atoms with van der Waals surface area (Å²) in [4.78, 5) is 26.3. The Kier molecular flexibility index (Phi) is 7.08. The van der Waals surface area contributed by atoms with Gasteiger partial charge in [-0.05, 0) is 36.4 Å². The monoisotopic (exact) mass is 527 g/mol. The number of anilines is 2. The van der Waals surface area contributed by atoms with Crippen molar-refractivity contribution in [2.45, 2.75) is 41.5 Å². The Morgan fingerprint density at radius 3 is 2.64 bits per heavy atom. The van der Waals surface area contributed by atoms with E-state index in [0.717, 1.165) is 10.6 Å². The fraction of sp³-hybridized carbons (Fsp3) is 0.250. The molecule has 2 aromatic heterocycles. The van der Waals surface area contributed by atoms with E-state index in [1.807, 2.05) is 42.5 Å². The fourth-order valence-corrected chi connectivity index (χ4v) is 4.98. The molecule has 4 atom stereocenters.